The fraction of sp³-hybridized carbons (Fsp3) is 0.500. The van der Waals surface area contributed by atoms with Gasteiger partial charge in [0.25, 0.3) is 0 Å². The van der Waals surface area contributed by atoms with Gasteiger partial charge >= 0.3 is 5.97 Å². The third-order valence-corrected chi connectivity index (χ3v) is 5.83. The summed E-state index contributed by atoms with van der Waals surface area (Å²) >= 11 is 0. The third-order valence-electron chi connectivity index (χ3n) is 3.91. The highest BCUT2D eigenvalue weighted by molar-refractivity contribution is 7.89. The van der Waals surface area contributed by atoms with Gasteiger partial charge in [-0.2, -0.15) is 4.31 Å². The number of carboxylic acid groups (broad SMARTS) is 1. The maximum atomic E-state index is 12.6. The van der Waals surface area contributed by atoms with Crippen molar-refractivity contribution < 1.29 is 18.3 Å². The summed E-state index contributed by atoms with van der Waals surface area (Å²) in [4.78, 5) is 11.4. The van der Waals surface area contributed by atoms with E-state index in [-0.39, 0.29) is 10.8 Å². The van der Waals surface area contributed by atoms with Crippen molar-refractivity contribution in [3.63, 3.8) is 0 Å². The van der Waals surface area contributed by atoms with E-state index in [1.165, 1.54) is 13.1 Å². The van der Waals surface area contributed by atoms with Gasteiger partial charge in [-0.25, -0.2) is 8.42 Å². The Morgan fingerprint density at radius 1 is 1.35 bits per heavy atom. The zero-order valence-corrected chi connectivity index (χ0v) is 12.6. The molecule has 110 valence electrons. The lowest BCUT2D eigenvalue weighted by molar-refractivity contribution is -0.142. The molecule has 0 unspecified atom stereocenters. The summed E-state index contributed by atoms with van der Waals surface area (Å²) in [5.41, 5.74) is -0.341. The van der Waals surface area contributed by atoms with Crippen LogP contribution in [0.25, 0.3) is 0 Å². The van der Waals surface area contributed by atoms with Crippen LogP contribution >= 0.6 is 0 Å². The number of likely N-dealkylation sites (N-methyl/N-ethyl adjacent to an activating group) is 1. The molecule has 0 aromatic heterocycles. The topological polar surface area (TPSA) is 74.7 Å². The van der Waals surface area contributed by atoms with Gasteiger partial charge in [-0.3, -0.25) is 4.79 Å². The number of aliphatic carboxylic acids is 1. The van der Waals surface area contributed by atoms with Crippen molar-refractivity contribution >= 4 is 16.0 Å². The van der Waals surface area contributed by atoms with Crippen molar-refractivity contribution in [1.82, 2.24) is 4.31 Å². The SMILES string of the molecule is CC(C)c1cccc(S(=O)(=O)N(C)C2(C(=O)O)CC2)c1. The van der Waals surface area contributed by atoms with Crippen molar-refractivity contribution in [1.29, 1.82) is 0 Å². The number of carboxylic acids is 1. The van der Waals surface area contributed by atoms with E-state index in [4.69, 9.17) is 0 Å². The first-order valence-electron chi connectivity index (χ1n) is 6.54. The Kier molecular flexibility index (Phi) is 3.64. The van der Waals surface area contributed by atoms with Gasteiger partial charge in [-0.1, -0.05) is 26.0 Å². The predicted molar refractivity (Wildman–Crippen MR) is 75.1 cm³/mol. The molecule has 0 amide bonds. The van der Waals surface area contributed by atoms with E-state index >= 15 is 0 Å². The van der Waals surface area contributed by atoms with Crippen LogP contribution < -0.4 is 0 Å². The summed E-state index contributed by atoms with van der Waals surface area (Å²) in [6.45, 7) is 3.96. The van der Waals surface area contributed by atoms with Gasteiger partial charge in [0.1, 0.15) is 5.54 Å². The van der Waals surface area contributed by atoms with Crippen molar-refractivity contribution in [3.8, 4) is 0 Å². The van der Waals surface area contributed by atoms with Crippen LogP contribution in [-0.4, -0.2) is 36.4 Å². The number of hydrogen-bond acceptors (Lipinski definition) is 3. The van der Waals surface area contributed by atoms with E-state index in [1.54, 1.807) is 12.1 Å². The van der Waals surface area contributed by atoms with Crippen molar-refractivity contribution in [2.45, 2.75) is 43.0 Å². The zero-order valence-electron chi connectivity index (χ0n) is 11.8. The molecule has 20 heavy (non-hydrogen) atoms. The first-order valence-corrected chi connectivity index (χ1v) is 7.98. The molecule has 1 fully saturated rings. The molecule has 0 radical (unpaired) electrons. The Labute approximate surface area is 119 Å². The Morgan fingerprint density at radius 2 is 1.95 bits per heavy atom. The summed E-state index contributed by atoms with van der Waals surface area (Å²) in [5, 5.41) is 9.22. The van der Waals surface area contributed by atoms with Gasteiger partial charge in [0, 0.05) is 7.05 Å². The molecule has 0 heterocycles. The van der Waals surface area contributed by atoms with Crippen LogP contribution in [0.15, 0.2) is 29.2 Å². The number of rotatable bonds is 5. The molecule has 1 aliphatic carbocycles. The Balaban J connectivity index is 2.41. The van der Waals surface area contributed by atoms with Gasteiger partial charge < -0.3 is 5.11 Å². The van der Waals surface area contributed by atoms with Gasteiger partial charge in [0.2, 0.25) is 10.0 Å². The molecule has 0 bridgehead atoms. The van der Waals surface area contributed by atoms with Crippen LogP contribution in [0.3, 0.4) is 0 Å². The number of sulfonamides is 1. The summed E-state index contributed by atoms with van der Waals surface area (Å²) in [6.07, 6.45) is 0.726. The van der Waals surface area contributed by atoms with Gasteiger partial charge in [-0.05, 0) is 36.5 Å². The molecular formula is C14H19NO4S. The Hall–Kier alpha value is -1.40. The van der Waals surface area contributed by atoms with Crippen LogP contribution in [0.4, 0.5) is 0 Å². The second-order valence-electron chi connectivity index (χ2n) is 5.54. The summed E-state index contributed by atoms with van der Waals surface area (Å²) in [7, 11) is -2.44. The normalized spacial score (nSPS) is 17.4. The van der Waals surface area contributed by atoms with E-state index in [0.29, 0.717) is 12.8 Å². The molecule has 0 atom stereocenters. The lowest BCUT2D eigenvalue weighted by Gasteiger charge is -2.24. The van der Waals surface area contributed by atoms with E-state index in [9.17, 15) is 18.3 Å². The van der Waals surface area contributed by atoms with Crippen LogP contribution in [0.2, 0.25) is 0 Å². The predicted octanol–water partition coefficient (Wildman–Crippen LogP) is 2.05. The average Bonchev–Trinajstić information content (AvgIpc) is 3.19. The molecule has 0 spiro atoms. The van der Waals surface area contributed by atoms with Gasteiger partial charge in [0.15, 0.2) is 0 Å². The van der Waals surface area contributed by atoms with Crippen molar-refractivity contribution in [2.75, 3.05) is 7.05 Å². The quantitative estimate of drug-likeness (QED) is 0.902. The molecule has 6 heteroatoms. The van der Waals surface area contributed by atoms with E-state index < -0.39 is 21.5 Å². The molecule has 1 aromatic carbocycles. The fourth-order valence-electron chi connectivity index (χ4n) is 2.20. The Bertz CT molecular complexity index is 632. The first-order chi connectivity index (χ1) is 9.21. The summed E-state index contributed by atoms with van der Waals surface area (Å²) in [5.74, 6) is -0.867. The fourth-order valence-corrected chi connectivity index (χ4v) is 3.78. The number of carbonyl (C=O) groups is 1. The highest BCUT2D eigenvalue weighted by Crippen LogP contribution is 2.43. The second-order valence-corrected chi connectivity index (χ2v) is 7.51. The molecule has 5 nitrogen and oxygen atoms in total. The smallest absolute Gasteiger partial charge is 0.325 e. The third kappa shape index (κ3) is 2.33. The van der Waals surface area contributed by atoms with E-state index in [0.717, 1.165) is 9.87 Å². The maximum absolute atomic E-state index is 12.6. The number of nitrogens with zero attached hydrogens (tertiary/aromatic N) is 1. The molecule has 0 saturated heterocycles. The minimum Gasteiger partial charge on any atom is -0.480 e. The first kappa shape index (κ1) is 15.0. The molecule has 1 aliphatic rings. The Morgan fingerprint density at radius 3 is 2.40 bits per heavy atom. The summed E-state index contributed by atoms with van der Waals surface area (Å²) < 4.78 is 26.1. The van der Waals surface area contributed by atoms with Crippen LogP contribution in [0.5, 0.6) is 0 Å². The molecule has 1 saturated carbocycles. The highest BCUT2D eigenvalue weighted by Gasteiger charge is 2.57. The zero-order chi connectivity index (χ0) is 15.1. The maximum Gasteiger partial charge on any atom is 0.325 e. The molecule has 1 N–H and O–H groups in total. The van der Waals surface area contributed by atoms with E-state index in [2.05, 4.69) is 0 Å². The van der Waals surface area contributed by atoms with Crippen LogP contribution in [0.1, 0.15) is 38.2 Å². The standard InChI is InChI=1S/C14H19NO4S/c1-10(2)11-5-4-6-12(9-11)20(18,19)15(3)14(7-8-14)13(16)17/h4-6,9-10H,7-8H2,1-3H3,(H,16,17). The monoisotopic (exact) mass is 297 g/mol. The lowest BCUT2D eigenvalue weighted by Crippen LogP contribution is -2.44. The number of benzene rings is 1. The van der Waals surface area contributed by atoms with Crippen LogP contribution in [0, 0.1) is 0 Å². The summed E-state index contributed by atoms with van der Waals surface area (Å²) in [6, 6.07) is 6.69. The highest BCUT2D eigenvalue weighted by atomic mass is 32.2. The van der Waals surface area contributed by atoms with Gasteiger partial charge in [-0.15, -0.1) is 0 Å². The minimum atomic E-state index is -3.78. The van der Waals surface area contributed by atoms with Gasteiger partial charge in [0.05, 0.1) is 4.90 Å². The molecule has 1 aromatic rings. The molecule has 0 aliphatic heterocycles. The number of hydrogen-bond donors (Lipinski definition) is 1. The second kappa shape index (κ2) is 4.86. The minimum absolute atomic E-state index is 0.152. The van der Waals surface area contributed by atoms with Crippen molar-refractivity contribution in [3.05, 3.63) is 29.8 Å². The largest absolute Gasteiger partial charge is 0.480 e. The van der Waals surface area contributed by atoms with Crippen LogP contribution in [-0.2, 0) is 14.8 Å². The molecule has 2 rings (SSSR count). The average molecular weight is 297 g/mol. The lowest BCUT2D eigenvalue weighted by atomic mass is 10.0. The van der Waals surface area contributed by atoms with E-state index in [1.807, 2.05) is 19.9 Å². The van der Waals surface area contributed by atoms with Crippen molar-refractivity contribution in [2.24, 2.45) is 0 Å². The molecular weight excluding hydrogens is 278 g/mol.